The molecule has 0 bridgehead atoms. The third-order valence-electron chi connectivity index (χ3n) is 0.674. The van der Waals surface area contributed by atoms with Crippen molar-refractivity contribution in [3.05, 3.63) is 0 Å². The van der Waals surface area contributed by atoms with E-state index >= 15 is 0 Å². The van der Waals surface area contributed by atoms with Gasteiger partial charge in [-0.15, -0.1) is 0 Å². The smallest absolute Gasteiger partial charge is 0.307 e. The molecular weight excluding hydrogens is 243 g/mol. The molecule has 14 heavy (non-hydrogen) atoms. The number of halogens is 7. The fraction of sp³-hybridized carbons (Fsp3) is 0.500. The van der Waals surface area contributed by atoms with Crippen LogP contribution in [-0.4, -0.2) is 23.5 Å². The van der Waals surface area contributed by atoms with E-state index in [0.29, 0.717) is 0 Å². The van der Waals surface area contributed by atoms with Gasteiger partial charge in [-0.25, -0.2) is 4.79 Å². The van der Waals surface area contributed by atoms with Gasteiger partial charge in [0.25, 0.3) is 0 Å². The molecule has 3 nitrogen and oxygen atoms in total. The maximum Gasteiger partial charge on any atom is 0.493 e. The Hall–Kier alpha value is -0.990. The van der Waals surface area contributed by atoms with Crippen molar-refractivity contribution in [1.82, 2.24) is 0 Å². The van der Waals surface area contributed by atoms with E-state index in [1.807, 2.05) is 0 Å². The Labute approximate surface area is 77.3 Å². The second-order valence-electron chi connectivity index (χ2n) is 1.76. The van der Waals surface area contributed by atoms with E-state index in [1.165, 1.54) is 0 Å². The van der Waals surface area contributed by atoms with Crippen molar-refractivity contribution in [3.63, 3.8) is 0 Å². The van der Waals surface area contributed by atoms with Gasteiger partial charge in [-0.3, -0.25) is 0 Å². The Morgan fingerprint density at radius 1 is 1.07 bits per heavy atom. The van der Waals surface area contributed by atoms with E-state index in [9.17, 15) is 31.1 Å². The number of alkyl halides is 6. The number of carbonyl (C=O) groups is 1. The molecule has 0 aromatic carbocycles. The minimum Gasteiger partial charge on any atom is -0.307 e. The SMILES string of the molecule is O=C(ON=C(Cl)C(F)(F)F)C(F)(F)F. The molecule has 0 rings (SSSR count). The molecule has 0 heterocycles. The van der Waals surface area contributed by atoms with Crippen LogP contribution in [-0.2, 0) is 9.63 Å². The quantitative estimate of drug-likeness (QED) is 0.306. The minimum absolute atomic E-state index is 1.75. The van der Waals surface area contributed by atoms with Gasteiger partial charge < -0.3 is 4.84 Å². The molecule has 0 saturated carbocycles. The summed E-state index contributed by atoms with van der Waals surface area (Å²) in [7, 11) is 0. The summed E-state index contributed by atoms with van der Waals surface area (Å²) in [6, 6.07) is 0. The summed E-state index contributed by atoms with van der Waals surface area (Å²) in [5.41, 5.74) is 0. The molecule has 0 fully saturated rings. The summed E-state index contributed by atoms with van der Waals surface area (Å²) in [4.78, 5) is 12.7. The highest BCUT2D eigenvalue weighted by Gasteiger charge is 2.43. The summed E-state index contributed by atoms with van der Waals surface area (Å²) in [5, 5.41) is -0.464. The van der Waals surface area contributed by atoms with E-state index < -0.39 is 23.5 Å². The Bertz CT molecular complexity index is 256. The van der Waals surface area contributed by atoms with Crippen LogP contribution in [0.4, 0.5) is 26.3 Å². The third kappa shape index (κ3) is 4.30. The highest BCUT2D eigenvalue weighted by molar-refractivity contribution is 6.66. The number of nitrogens with zero attached hydrogens (tertiary/aromatic N) is 1. The lowest BCUT2D eigenvalue weighted by atomic mass is 10.7. The predicted octanol–water partition coefficient (Wildman–Crippen LogP) is 2.21. The van der Waals surface area contributed by atoms with Crippen molar-refractivity contribution in [3.8, 4) is 0 Å². The molecule has 0 amide bonds. The summed E-state index contributed by atoms with van der Waals surface area (Å²) in [6.45, 7) is 0. The molecule has 0 unspecified atom stereocenters. The van der Waals surface area contributed by atoms with Gasteiger partial charge in [0.05, 0.1) is 0 Å². The zero-order valence-electron chi connectivity index (χ0n) is 5.91. The topological polar surface area (TPSA) is 38.7 Å². The maximum absolute atomic E-state index is 11.5. The zero-order chi connectivity index (χ0) is 11.6. The van der Waals surface area contributed by atoms with Gasteiger partial charge in [-0.05, 0) is 0 Å². The highest BCUT2D eigenvalue weighted by atomic mass is 35.5. The first-order valence-electron chi connectivity index (χ1n) is 2.64. The van der Waals surface area contributed by atoms with Crippen LogP contribution in [0.5, 0.6) is 0 Å². The van der Waals surface area contributed by atoms with Crippen LogP contribution in [0.3, 0.4) is 0 Å². The van der Waals surface area contributed by atoms with E-state index in [0.717, 1.165) is 0 Å². The average Bonchev–Trinajstić information content (AvgIpc) is 1.95. The van der Waals surface area contributed by atoms with Gasteiger partial charge >= 0.3 is 18.3 Å². The fourth-order valence-corrected chi connectivity index (χ4v) is 0.220. The number of oxime groups is 1. The molecule has 0 aliphatic rings. The fourth-order valence-electron chi connectivity index (χ4n) is 0.185. The van der Waals surface area contributed by atoms with Crippen molar-refractivity contribution in [2.24, 2.45) is 5.16 Å². The summed E-state index contributed by atoms with van der Waals surface area (Å²) in [5.74, 6) is -2.89. The minimum atomic E-state index is -5.42. The molecule has 0 aromatic rings. The van der Waals surface area contributed by atoms with Crippen molar-refractivity contribution in [2.75, 3.05) is 0 Å². The number of hydrogen-bond acceptors (Lipinski definition) is 3. The lowest BCUT2D eigenvalue weighted by Gasteiger charge is -2.03. The summed E-state index contributed by atoms with van der Waals surface area (Å²) < 4.78 is 68.4. The lowest BCUT2D eigenvalue weighted by Crippen LogP contribution is -2.25. The molecule has 10 heteroatoms. The van der Waals surface area contributed by atoms with Crippen LogP contribution >= 0.6 is 11.6 Å². The molecule has 82 valence electrons. The molecule has 0 aromatic heterocycles. The standard InChI is InChI=1S/C4ClF6NO2/c5-1(3(6,7)8)12-14-2(13)4(9,10)11. The van der Waals surface area contributed by atoms with Gasteiger partial charge in [-0.2, -0.15) is 26.3 Å². The van der Waals surface area contributed by atoms with Gasteiger partial charge in [0.1, 0.15) is 0 Å². The summed E-state index contributed by atoms with van der Waals surface area (Å²) >= 11 is 4.33. The number of rotatable bonds is 1. The Kier molecular flexibility index (Phi) is 3.74. The van der Waals surface area contributed by atoms with Crippen molar-refractivity contribution in [1.29, 1.82) is 0 Å². The van der Waals surface area contributed by atoms with E-state index in [2.05, 4.69) is 16.4 Å². The predicted molar refractivity (Wildman–Crippen MR) is 31.5 cm³/mol. The first kappa shape index (κ1) is 13.0. The van der Waals surface area contributed by atoms with Crippen LogP contribution in [0.2, 0.25) is 0 Å². The van der Waals surface area contributed by atoms with Crippen LogP contribution in [0, 0.1) is 0 Å². The number of carbonyl (C=O) groups excluding carboxylic acids is 1. The second kappa shape index (κ2) is 4.03. The van der Waals surface area contributed by atoms with Gasteiger partial charge in [-0.1, -0.05) is 16.8 Å². The Morgan fingerprint density at radius 2 is 1.50 bits per heavy atom. The Balaban J connectivity index is 4.39. The second-order valence-corrected chi connectivity index (χ2v) is 2.11. The van der Waals surface area contributed by atoms with Crippen LogP contribution in [0.15, 0.2) is 5.16 Å². The molecule has 0 saturated heterocycles. The van der Waals surface area contributed by atoms with Crippen molar-refractivity contribution < 1.29 is 36.0 Å². The molecule has 0 atom stereocenters. The van der Waals surface area contributed by atoms with Crippen LogP contribution < -0.4 is 0 Å². The third-order valence-corrected chi connectivity index (χ3v) is 0.957. The highest BCUT2D eigenvalue weighted by Crippen LogP contribution is 2.21. The lowest BCUT2D eigenvalue weighted by molar-refractivity contribution is -0.200. The molecule has 0 aliphatic carbocycles. The molecule has 0 N–H and O–H groups in total. The van der Waals surface area contributed by atoms with Crippen molar-refractivity contribution in [2.45, 2.75) is 12.4 Å². The average molecular weight is 243 g/mol. The maximum atomic E-state index is 11.5. The Morgan fingerprint density at radius 3 is 1.79 bits per heavy atom. The van der Waals surface area contributed by atoms with Gasteiger partial charge in [0.2, 0.25) is 5.17 Å². The first-order chi connectivity index (χ1) is 6.05. The number of hydrogen-bond donors (Lipinski definition) is 0. The molecule has 0 spiro atoms. The van der Waals surface area contributed by atoms with Gasteiger partial charge in [0.15, 0.2) is 0 Å². The van der Waals surface area contributed by atoms with E-state index in [4.69, 9.17) is 0 Å². The zero-order valence-corrected chi connectivity index (χ0v) is 6.67. The monoisotopic (exact) mass is 243 g/mol. The van der Waals surface area contributed by atoms with Crippen LogP contribution in [0.1, 0.15) is 0 Å². The summed E-state index contributed by atoms with van der Waals surface area (Å²) in [6.07, 6.45) is -10.6. The van der Waals surface area contributed by atoms with Crippen molar-refractivity contribution >= 4 is 22.7 Å². The van der Waals surface area contributed by atoms with E-state index in [-0.39, 0.29) is 0 Å². The molecule has 0 radical (unpaired) electrons. The normalized spacial score (nSPS) is 14.1. The largest absolute Gasteiger partial charge is 0.493 e. The first-order valence-corrected chi connectivity index (χ1v) is 3.02. The van der Waals surface area contributed by atoms with E-state index in [1.54, 1.807) is 5.16 Å². The van der Waals surface area contributed by atoms with Crippen LogP contribution in [0.25, 0.3) is 0 Å². The molecule has 0 aliphatic heterocycles. The molecular formula is C4ClF6NO2. The van der Waals surface area contributed by atoms with Gasteiger partial charge in [0, 0.05) is 0 Å².